The summed E-state index contributed by atoms with van der Waals surface area (Å²) in [6.45, 7) is 5.09. The van der Waals surface area contributed by atoms with Gasteiger partial charge < -0.3 is 10.6 Å². The van der Waals surface area contributed by atoms with E-state index in [1.807, 2.05) is 11.0 Å². The van der Waals surface area contributed by atoms with Crippen molar-refractivity contribution in [3.8, 4) is 0 Å². The highest BCUT2D eigenvalue weighted by atomic mass is 16.2. The highest BCUT2D eigenvalue weighted by Crippen LogP contribution is 2.34. The number of carbonyl (C=O) groups is 1. The van der Waals surface area contributed by atoms with Crippen LogP contribution in [-0.4, -0.2) is 23.4 Å². The van der Waals surface area contributed by atoms with Gasteiger partial charge in [-0.15, -0.1) is 0 Å². The van der Waals surface area contributed by atoms with Gasteiger partial charge in [-0.1, -0.05) is 44.0 Å². The lowest BCUT2D eigenvalue weighted by Gasteiger charge is -2.28. The molecule has 0 bridgehead atoms. The van der Waals surface area contributed by atoms with Crippen LogP contribution in [0.25, 0.3) is 0 Å². The fourth-order valence-electron chi connectivity index (χ4n) is 3.08. The van der Waals surface area contributed by atoms with Gasteiger partial charge >= 0.3 is 0 Å². The number of rotatable bonds is 5. The molecular weight excluding hydrogens is 248 g/mol. The summed E-state index contributed by atoms with van der Waals surface area (Å²) in [5, 5.41) is 0. The van der Waals surface area contributed by atoms with Crippen LogP contribution in [0.5, 0.6) is 0 Å². The first-order chi connectivity index (χ1) is 9.65. The molecule has 2 rings (SSSR count). The van der Waals surface area contributed by atoms with E-state index in [4.69, 9.17) is 5.73 Å². The zero-order valence-corrected chi connectivity index (χ0v) is 12.6. The Morgan fingerprint density at radius 3 is 2.90 bits per heavy atom. The van der Waals surface area contributed by atoms with Gasteiger partial charge in [-0.25, -0.2) is 0 Å². The summed E-state index contributed by atoms with van der Waals surface area (Å²) in [5.74, 6) is 0.129. The van der Waals surface area contributed by atoms with Crippen LogP contribution in [-0.2, 0) is 4.79 Å². The van der Waals surface area contributed by atoms with Gasteiger partial charge in [0.25, 0.3) is 0 Å². The van der Waals surface area contributed by atoms with Gasteiger partial charge in [0.05, 0.1) is 12.1 Å². The Bertz CT molecular complexity index is 458. The van der Waals surface area contributed by atoms with Gasteiger partial charge in [-0.2, -0.15) is 0 Å². The lowest BCUT2D eigenvalue weighted by Crippen LogP contribution is -2.43. The van der Waals surface area contributed by atoms with Crippen molar-refractivity contribution in [2.75, 3.05) is 6.54 Å². The summed E-state index contributed by atoms with van der Waals surface area (Å²) >= 11 is 0. The van der Waals surface area contributed by atoms with E-state index in [1.54, 1.807) is 0 Å². The molecule has 1 aromatic rings. The van der Waals surface area contributed by atoms with Crippen molar-refractivity contribution in [2.24, 2.45) is 5.73 Å². The number of amides is 1. The number of carbonyl (C=O) groups excluding carboxylic acids is 1. The van der Waals surface area contributed by atoms with E-state index in [9.17, 15) is 4.79 Å². The van der Waals surface area contributed by atoms with E-state index < -0.39 is 0 Å². The van der Waals surface area contributed by atoms with Crippen LogP contribution in [0.3, 0.4) is 0 Å². The predicted molar refractivity (Wildman–Crippen MR) is 82.4 cm³/mol. The fourth-order valence-corrected chi connectivity index (χ4v) is 3.08. The SMILES string of the molecule is CCCCC(N)C(=O)N1CCCC1c1ccccc1C. The van der Waals surface area contributed by atoms with E-state index in [0.29, 0.717) is 0 Å². The maximum atomic E-state index is 12.5. The molecule has 2 unspecified atom stereocenters. The van der Waals surface area contributed by atoms with Crippen molar-refractivity contribution in [1.29, 1.82) is 0 Å². The topological polar surface area (TPSA) is 46.3 Å². The van der Waals surface area contributed by atoms with Gasteiger partial charge in [-0.3, -0.25) is 4.79 Å². The van der Waals surface area contributed by atoms with E-state index in [1.165, 1.54) is 11.1 Å². The molecule has 0 spiro atoms. The minimum Gasteiger partial charge on any atom is -0.334 e. The van der Waals surface area contributed by atoms with E-state index in [0.717, 1.165) is 38.6 Å². The highest BCUT2D eigenvalue weighted by Gasteiger charge is 2.32. The molecule has 0 aromatic heterocycles. The number of nitrogens with two attached hydrogens (primary N) is 1. The Morgan fingerprint density at radius 1 is 1.45 bits per heavy atom. The zero-order valence-electron chi connectivity index (χ0n) is 12.6. The number of hydrogen-bond acceptors (Lipinski definition) is 2. The summed E-state index contributed by atoms with van der Waals surface area (Å²) in [5.41, 5.74) is 8.61. The molecule has 0 aliphatic carbocycles. The second-order valence-corrected chi connectivity index (χ2v) is 5.79. The van der Waals surface area contributed by atoms with E-state index in [-0.39, 0.29) is 18.0 Å². The number of nitrogens with zero attached hydrogens (tertiary/aromatic N) is 1. The van der Waals surface area contributed by atoms with Crippen LogP contribution < -0.4 is 5.73 Å². The summed E-state index contributed by atoms with van der Waals surface area (Å²) in [6.07, 6.45) is 5.03. The maximum absolute atomic E-state index is 12.5. The van der Waals surface area contributed by atoms with Gasteiger partial charge in [0.2, 0.25) is 5.91 Å². The molecule has 1 saturated heterocycles. The molecule has 1 heterocycles. The van der Waals surface area contributed by atoms with Crippen molar-refractivity contribution in [1.82, 2.24) is 4.90 Å². The Morgan fingerprint density at radius 2 is 2.20 bits per heavy atom. The van der Waals surface area contributed by atoms with Crippen molar-refractivity contribution >= 4 is 5.91 Å². The second kappa shape index (κ2) is 6.89. The minimum absolute atomic E-state index is 0.129. The first kappa shape index (κ1) is 15.0. The van der Waals surface area contributed by atoms with Crippen molar-refractivity contribution < 1.29 is 4.79 Å². The third kappa shape index (κ3) is 3.21. The van der Waals surface area contributed by atoms with Crippen LogP contribution in [0, 0.1) is 6.92 Å². The van der Waals surface area contributed by atoms with Gasteiger partial charge in [-0.05, 0) is 37.3 Å². The fraction of sp³-hybridized carbons (Fsp3) is 0.588. The van der Waals surface area contributed by atoms with Crippen LogP contribution in [0.2, 0.25) is 0 Å². The Hall–Kier alpha value is -1.35. The quantitative estimate of drug-likeness (QED) is 0.896. The second-order valence-electron chi connectivity index (χ2n) is 5.79. The van der Waals surface area contributed by atoms with E-state index in [2.05, 4.69) is 32.0 Å². The zero-order chi connectivity index (χ0) is 14.5. The molecule has 1 amide bonds. The molecule has 20 heavy (non-hydrogen) atoms. The molecule has 3 heteroatoms. The molecule has 0 radical (unpaired) electrons. The smallest absolute Gasteiger partial charge is 0.239 e. The summed E-state index contributed by atoms with van der Waals surface area (Å²) in [4.78, 5) is 14.5. The molecular formula is C17H26N2O. The minimum atomic E-state index is -0.334. The number of benzene rings is 1. The molecule has 1 fully saturated rings. The normalized spacial score (nSPS) is 20.1. The first-order valence-electron chi connectivity index (χ1n) is 7.76. The van der Waals surface area contributed by atoms with Crippen LogP contribution in [0.15, 0.2) is 24.3 Å². The van der Waals surface area contributed by atoms with E-state index >= 15 is 0 Å². The molecule has 3 nitrogen and oxygen atoms in total. The molecule has 1 aromatic carbocycles. The number of unbranched alkanes of at least 4 members (excludes halogenated alkanes) is 1. The Labute approximate surface area is 122 Å². The van der Waals surface area contributed by atoms with Gasteiger partial charge in [0.15, 0.2) is 0 Å². The Balaban J connectivity index is 2.11. The third-order valence-corrected chi connectivity index (χ3v) is 4.27. The van der Waals surface area contributed by atoms with Gasteiger partial charge in [0.1, 0.15) is 0 Å². The molecule has 1 aliphatic rings. The lowest BCUT2D eigenvalue weighted by molar-refractivity contribution is -0.133. The van der Waals surface area contributed by atoms with Gasteiger partial charge in [0, 0.05) is 6.54 Å². The third-order valence-electron chi connectivity index (χ3n) is 4.27. The summed E-state index contributed by atoms with van der Waals surface area (Å²) in [7, 11) is 0. The summed E-state index contributed by atoms with van der Waals surface area (Å²) < 4.78 is 0. The average Bonchev–Trinajstić information content (AvgIpc) is 2.93. The van der Waals surface area contributed by atoms with Crippen LogP contribution in [0.1, 0.15) is 56.2 Å². The molecule has 2 N–H and O–H groups in total. The number of hydrogen-bond donors (Lipinski definition) is 1. The Kier molecular flexibility index (Phi) is 5.18. The lowest BCUT2D eigenvalue weighted by atomic mass is 9.98. The largest absolute Gasteiger partial charge is 0.334 e. The predicted octanol–water partition coefficient (Wildman–Crippen LogP) is 3.18. The van der Waals surface area contributed by atoms with Crippen molar-refractivity contribution in [2.45, 2.75) is 58.0 Å². The molecule has 0 saturated carbocycles. The average molecular weight is 274 g/mol. The molecule has 2 atom stereocenters. The molecule has 1 aliphatic heterocycles. The first-order valence-corrected chi connectivity index (χ1v) is 7.76. The molecule has 110 valence electrons. The monoisotopic (exact) mass is 274 g/mol. The standard InChI is InChI=1S/C17H26N2O/c1-3-4-10-15(18)17(20)19-12-7-11-16(19)14-9-6-5-8-13(14)2/h5-6,8-9,15-16H,3-4,7,10-12,18H2,1-2H3. The summed E-state index contributed by atoms with van der Waals surface area (Å²) in [6, 6.07) is 8.25. The van der Waals surface area contributed by atoms with Crippen LogP contribution >= 0.6 is 0 Å². The highest BCUT2D eigenvalue weighted by molar-refractivity contribution is 5.82. The maximum Gasteiger partial charge on any atom is 0.239 e. The van der Waals surface area contributed by atoms with Crippen LogP contribution in [0.4, 0.5) is 0 Å². The van der Waals surface area contributed by atoms with Crippen molar-refractivity contribution in [3.05, 3.63) is 35.4 Å². The number of aryl methyl sites for hydroxylation is 1. The number of likely N-dealkylation sites (tertiary alicyclic amines) is 1. The van der Waals surface area contributed by atoms with Crippen molar-refractivity contribution in [3.63, 3.8) is 0 Å².